The molecule has 0 aliphatic heterocycles. The van der Waals surface area contributed by atoms with Crippen molar-refractivity contribution >= 4 is 11.3 Å². The first-order chi connectivity index (χ1) is 8.94. The molecule has 2 rings (SSSR count). The van der Waals surface area contributed by atoms with Gasteiger partial charge in [-0.3, -0.25) is 0 Å². The summed E-state index contributed by atoms with van der Waals surface area (Å²) >= 11 is 1.87. The molecule has 0 aromatic carbocycles. The number of rotatable bonds is 5. The Morgan fingerprint density at radius 1 is 1.37 bits per heavy atom. The molecule has 1 fully saturated rings. The van der Waals surface area contributed by atoms with Crippen molar-refractivity contribution in [3.63, 3.8) is 0 Å². The molecule has 1 saturated carbocycles. The third-order valence-electron chi connectivity index (χ3n) is 4.09. The summed E-state index contributed by atoms with van der Waals surface area (Å²) in [5, 5.41) is 4.91. The number of aryl methyl sites for hydroxylation is 1. The van der Waals surface area contributed by atoms with E-state index in [4.69, 9.17) is 0 Å². The molecule has 0 saturated heterocycles. The molecule has 0 radical (unpaired) electrons. The normalized spacial score (nSPS) is 18.9. The van der Waals surface area contributed by atoms with E-state index >= 15 is 0 Å². The fourth-order valence-electron chi connectivity index (χ4n) is 3.03. The fourth-order valence-corrected chi connectivity index (χ4v) is 3.92. The number of hydrogen-bond acceptors (Lipinski definition) is 3. The van der Waals surface area contributed by atoms with Crippen LogP contribution in [0.25, 0.3) is 0 Å². The van der Waals surface area contributed by atoms with E-state index in [9.17, 15) is 0 Å². The lowest BCUT2D eigenvalue weighted by Crippen LogP contribution is -2.41. The highest BCUT2D eigenvalue weighted by molar-refractivity contribution is 7.11. The van der Waals surface area contributed by atoms with Crippen molar-refractivity contribution in [1.29, 1.82) is 0 Å². The van der Waals surface area contributed by atoms with E-state index in [1.54, 1.807) is 0 Å². The van der Waals surface area contributed by atoms with E-state index in [1.165, 1.54) is 42.0 Å². The van der Waals surface area contributed by atoms with Crippen LogP contribution in [0, 0.1) is 18.8 Å². The zero-order valence-electron chi connectivity index (χ0n) is 12.8. The summed E-state index contributed by atoms with van der Waals surface area (Å²) in [5.74, 6) is 1.69. The molecule has 2 nitrogen and oxygen atoms in total. The molecule has 1 unspecified atom stereocenters. The molecule has 3 heteroatoms. The number of hydrogen-bond donors (Lipinski definition) is 1. The van der Waals surface area contributed by atoms with E-state index in [0.29, 0.717) is 0 Å². The molecule has 1 heterocycles. The highest BCUT2D eigenvalue weighted by Crippen LogP contribution is 2.34. The summed E-state index contributed by atoms with van der Waals surface area (Å²) in [4.78, 5) is 5.87. The monoisotopic (exact) mass is 280 g/mol. The van der Waals surface area contributed by atoms with Gasteiger partial charge in [0.15, 0.2) is 0 Å². The Kier molecular flexibility index (Phi) is 5.02. The van der Waals surface area contributed by atoms with Gasteiger partial charge in [0, 0.05) is 16.6 Å². The molecule has 1 aromatic rings. The smallest absolute Gasteiger partial charge is 0.0896 e. The van der Waals surface area contributed by atoms with E-state index in [2.05, 4.69) is 44.2 Å². The summed E-state index contributed by atoms with van der Waals surface area (Å²) in [5.41, 5.74) is 0.223. The highest BCUT2D eigenvalue weighted by atomic mass is 32.1. The molecule has 0 bridgehead atoms. The number of nitrogens with zero attached hydrogens (tertiary/aromatic N) is 1. The molecule has 1 aliphatic rings. The molecule has 1 aromatic heterocycles. The Morgan fingerprint density at radius 3 is 2.58 bits per heavy atom. The molecule has 0 spiro atoms. The zero-order valence-corrected chi connectivity index (χ0v) is 13.6. The first-order valence-electron chi connectivity index (χ1n) is 7.60. The van der Waals surface area contributed by atoms with Gasteiger partial charge < -0.3 is 5.32 Å². The lowest BCUT2D eigenvalue weighted by Gasteiger charge is -2.28. The zero-order chi connectivity index (χ0) is 13.9. The van der Waals surface area contributed by atoms with Crippen molar-refractivity contribution < 1.29 is 0 Å². The standard InChI is InChI=1S/C16H28N2S/c1-12-17-11-15(19-12)9-14(10-18-16(2,3)4)13-7-5-6-8-13/h11,13-14,18H,5-10H2,1-4H3. The number of thiazole rings is 1. The third-order valence-corrected chi connectivity index (χ3v) is 5.03. The molecule has 1 atom stereocenters. The van der Waals surface area contributed by atoms with Crippen LogP contribution < -0.4 is 5.32 Å². The van der Waals surface area contributed by atoms with Gasteiger partial charge in [0.05, 0.1) is 5.01 Å². The summed E-state index contributed by atoms with van der Waals surface area (Å²) in [6.07, 6.45) is 9.00. The highest BCUT2D eigenvalue weighted by Gasteiger charge is 2.26. The predicted octanol–water partition coefficient (Wildman–Crippen LogP) is 4.19. The van der Waals surface area contributed by atoms with Gasteiger partial charge in [-0.2, -0.15) is 0 Å². The van der Waals surface area contributed by atoms with Crippen molar-refractivity contribution in [2.24, 2.45) is 11.8 Å². The molecule has 108 valence electrons. The second-order valence-corrected chi connectivity index (χ2v) is 8.30. The maximum Gasteiger partial charge on any atom is 0.0896 e. The van der Waals surface area contributed by atoms with Gasteiger partial charge in [0.1, 0.15) is 0 Å². The van der Waals surface area contributed by atoms with Crippen LogP contribution in [0.5, 0.6) is 0 Å². The molecule has 0 amide bonds. The minimum Gasteiger partial charge on any atom is -0.312 e. The maximum atomic E-state index is 4.40. The van der Waals surface area contributed by atoms with Crippen LogP contribution in [0.4, 0.5) is 0 Å². The number of nitrogens with one attached hydrogen (secondary N) is 1. The van der Waals surface area contributed by atoms with Gasteiger partial charge in [-0.05, 0) is 52.5 Å². The number of aromatic nitrogens is 1. The molecular formula is C16H28N2S. The summed E-state index contributed by atoms with van der Waals surface area (Å²) < 4.78 is 0. The Labute approximate surface area is 122 Å². The average Bonchev–Trinajstić information content (AvgIpc) is 2.94. The van der Waals surface area contributed by atoms with Gasteiger partial charge in [-0.25, -0.2) is 4.98 Å². The second-order valence-electron chi connectivity index (χ2n) is 6.99. The Morgan fingerprint density at radius 2 is 2.05 bits per heavy atom. The van der Waals surface area contributed by atoms with Crippen molar-refractivity contribution in [2.75, 3.05) is 6.54 Å². The van der Waals surface area contributed by atoms with Crippen LogP contribution in [0.2, 0.25) is 0 Å². The average molecular weight is 280 g/mol. The van der Waals surface area contributed by atoms with Crippen LogP contribution >= 0.6 is 11.3 Å². The predicted molar refractivity (Wildman–Crippen MR) is 83.8 cm³/mol. The SMILES string of the molecule is Cc1ncc(CC(CNC(C)(C)C)C2CCCC2)s1. The van der Waals surface area contributed by atoms with E-state index in [-0.39, 0.29) is 5.54 Å². The van der Waals surface area contributed by atoms with Crippen molar-refractivity contribution in [2.45, 2.75) is 65.3 Å². The molecule has 1 N–H and O–H groups in total. The minimum atomic E-state index is 0.223. The molecule has 1 aliphatic carbocycles. The van der Waals surface area contributed by atoms with Crippen LogP contribution in [-0.2, 0) is 6.42 Å². The quantitative estimate of drug-likeness (QED) is 0.875. The van der Waals surface area contributed by atoms with Gasteiger partial charge in [-0.15, -0.1) is 11.3 Å². The van der Waals surface area contributed by atoms with Gasteiger partial charge >= 0.3 is 0 Å². The third kappa shape index (κ3) is 4.88. The largest absolute Gasteiger partial charge is 0.312 e. The summed E-state index contributed by atoms with van der Waals surface area (Å²) in [6.45, 7) is 10.0. The van der Waals surface area contributed by atoms with E-state index < -0.39 is 0 Å². The van der Waals surface area contributed by atoms with Gasteiger partial charge in [-0.1, -0.05) is 25.7 Å². The summed E-state index contributed by atoms with van der Waals surface area (Å²) in [6, 6.07) is 0. The minimum absolute atomic E-state index is 0.223. The fraction of sp³-hybridized carbons (Fsp3) is 0.812. The first-order valence-corrected chi connectivity index (χ1v) is 8.42. The topological polar surface area (TPSA) is 24.9 Å². The lowest BCUT2D eigenvalue weighted by molar-refractivity contribution is 0.287. The van der Waals surface area contributed by atoms with Gasteiger partial charge in [0.25, 0.3) is 0 Å². The van der Waals surface area contributed by atoms with Crippen LogP contribution in [-0.4, -0.2) is 17.1 Å². The Bertz CT molecular complexity index is 386. The molecule has 19 heavy (non-hydrogen) atoms. The summed E-state index contributed by atoms with van der Waals surface area (Å²) in [7, 11) is 0. The lowest BCUT2D eigenvalue weighted by atomic mass is 9.87. The van der Waals surface area contributed by atoms with E-state index in [0.717, 1.165) is 18.4 Å². The van der Waals surface area contributed by atoms with Crippen LogP contribution in [0.15, 0.2) is 6.20 Å². The van der Waals surface area contributed by atoms with Gasteiger partial charge in [0.2, 0.25) is 0 Å². The Balaban J connectivity index is 1.97. The van der Waals surface area contributed by atoms with E-state index in [1.807, 2.05) is 11.3 Å². The van der Waals surface area contributed by atoms with Crippen molar-refractivity contribution in [3.8, 4) is 0 Å². The van der Waals surface area contributed by atoms with Crippen molar-refractivity contribution in [1.82, 2.24) is 10.3 Å². The molecular weight excluding hydrogens is 252 g/mol. The Hall–Kier alpha value is -0.410. The first kappa shape index (κ1) is 15.0. The van der Waals surface area contributed by atoms with Crippen LogP contribution in [0.3, 0.4) is 0 Å². The second kappa shape index (κ2) is 6.36. The van der Waals surface area contributed by atoms with Crippen molar-refractivity contribution in [3.05, 3.63) is 16.1 Å². The van der Waals surface area contributed by atoms with Crippen LogP contribution in [0.1, 0.15) is 56.3 Å². The maximum absolute atomic E-state index is 4.40.